The zero-order valence-electron chi connectivity index (χ0n) is 9.10. The normalized spacial score (nSPS) is 14.7. The van der Waals surface area contributed by atoms with E-state index in [2.05, 4.69) is 15.0 Å². The minimum atomic E-state index is 0.0531. The predicted molar refractivity (Wildman–Crippen MR) is 64.4 cm³/mol. The molecule has 0 saturated carbocycles. The number of aryl methyl sites for hydroxylation is 1. The van der Waals surface area contributed by atoms with Crippen LogP contribution in [-0.4, -0.2) is 29.2 Å². The molecular formula is C12H13N3O. The topological polar surface area (TPSA) is 57.6 Å². The van der Waals surface area contributed by atoms with E-state index >= 15 is 0 Å². The first-order valence-corrected chi connectivity index (χ1v) is 5.15. The molecule has 1 aromatic heterocycles. The number of hydrogen-bond acceptors (Lipinski definition) is 3. The van der Waals surface area contributed by atoms with Crippen LogP contribution in [0.4, 0.5) is 0 Å². The van der Waals surface area contributed by atoms with E-state index in [0.717, 1.165) is 11.4 Å². The van der Waals surface area contributed by atoms with E-state index < -0.39 is 0 Å². The van der Waals surface area contributed by atoms with Gasteiger partial charge in [-0.15, -0.1) is 0 Å². The zero-order valence-corrected chi connectivity index (χ0v) is 9.10. The molecule has 1 aliphatic heterocycles. The minimum Gasteiger partial charge on any atom is -0.356 e. The second kappa shape index (κ2) is 4.70. The Morgan fingerprint density at radius 2 is 2.38 bits per heavy atom. The molecule has 0 amide bonds. The van der Waals surface area contributed by atoms with Crippen LogP contribution in [0.2, 0.25) is 0 Å². The maximum Gasteiger partial charge on any atom is 0.184 e. The van der Waals surface area contributed by atoms with Gasteiger partial charge in [0.25, 0.3) is 0 Å². The van der Waals surface area contributed by atoms with Gasteiger partial charge in [0.2, 0.25) is 0 Å². The smallest absolute Gasteiger partial charge is 0.184 e. The van der Waals surface area contributed by atoms with Gasteiger partial charge in [0, 0.05) is 23.8 Å². The number of carbonyl (C=O) groups is 1. The number of ketones is 1. The standard InChI is InChI=1S/C12H13N3O/c1-9-3-4-11(15-9)12(16)7-10-8-13-5-2-6-14-10/h2-6,15H,7-8H2,1H3. The second-order valence-corrected chi connectivity index (χ2v) is 3.68. The van der Waals surface area contributed by atoms with Crippen molar-refractivity contribution in [3.63, 3.8) is 0 Å². The van der Waals surface area contributed by atoms with Crippen molar-refractivity contribution in [3.05, 3.63) is 35.8 Å². The molecule has 0 radical (unpaired) electrons. The van der Waals surface area contributed by atoms with E-state index in [1.165, 1.54) is 0 Å². The van der Waals surface area contributed by atoms with Gasteiger partial charge in [-0.25, -0.2) is 0 Å². The quantitative estimate of drug-likeness (QED) is 0.769. The molecule has 0 saturated heterocycles. The van der Waals surface area contributed by atoms with Crippen molar-refractivity contribution in [2.75, 3.05) is 6.54 Å². The van der Waals surface area contributed by atoms with Crippen molar-refractivity contribution in [3.8, 4) is 0 Å². The van der Waals surface area contributed by atoms with Crippen molar-refractivity contribution in [2.45, 2.75) is 13.3 Å². The average molecular weight is 215 g/mol. The largest absolute Gasteiger partial charge is 0.356 e. The van der Waals surface area contributed by atoms with Gasteiger partial charge in [-0.2, -0.15) is 0 Å². The van der Waals surface area contributed by atoms with E-state index in [0.29, 0.717) is 18.7 Å². The Bertz CT molecular complexity index is 480. The molecule has 0 aromatic carbocycles. The first-order chi connectivity index (χ1) is 7.75. The van der Waals surface area contributed by atoms with Gasteiger partial charge >= 0.3 is 0 Å². The van der Waals surface area contributed by atoms with Crippen molar-refractivity contribution in [1.29, 1.82) is 0 Å². The number of hydrogen-bond donors (Lipinski definition) is 1. The maximum absolute atomic E-state index is 11.9. The fraction of sp³-hybridized carbons (Fsp3) is 0.250. The summed E-state index contributed by atoms with van der Waals surface area (Å²) >= 11 is 0. The van der Waals surface area contributed by atoms with Crippen molar-refractivity contribution >= 4 is 17.7 Å². The van der Waals surface area contributed by atoms with Crippen molar-refractivity contribution < 1.29 is 4.79 Å². The molecule has 2 heterocycles. The molecule has 16 heavy (non-hydrogen) atoms. The number of nitrogens with one attached hydrogen (secondary N) is 1. The van der Waals surface area contributed by atoms with Gasteiger partial charge in [-0.1, -0.05) is 0 Å². The third-order valence-corrected chi connectivity index (χ3v) is 2.31. The summed E-state index contributed by atoms with van der Waals surface area (Å²) in [4.78, 5) is 23.1. The Morgan fingerprint density at radius 1 is 1.50 bits per heavy atom. The van der Waals surface area contributed by atoms with Gasteiger partial charge in [-0.05, 0) is 25.1 Å². The number of carbonyl (C=O) groups excluding carboxylic acids is 1. The molecular weight excluding hydrogens is 202 g/mol. The van der Waals surface area contributed by atoms with Gasteiger partial charge in [0.05, 0.1) is 18.7 Å². The van der Waals surface area contributed by atoms with Crippen LogP contribution in [0.5, 0.6) is 0 Å². The predicted octanol–water partition coefficient (Wildman–Crippen LogP) is 1.94. The molecule has 0 fully saturated rings. The zero-order chi connectivity index (χ0) is 11.4. The van der Waals surface area contributed by atoms with Crippen molar-refractivity contribution in [1.82, 2.24) is 4.98 Å². The fourth-order valence-electron chi connectivity index (χ4n) is 1.50. The van der Waals surface area contributed by atoms with Crippen LogP contribution in [0.1, 0.15) is 22.6 Å². The Hall–Kier alpha value is -1.97. The Labute approximate surface area is 93.8 Å². The van der Waals surface area contributed by atoms with Crippen LogP contribution in [0.15, 0.2) is 34.4 Å². The van der Waals surface area contributed by atoms with Crippen LogP contribution in [-0.2, 0) is 0 Å². The molecule has 2 rings (SSSR count). The highest BCUT2D eigenvalue weighted by Crippen LogP contribution is 2.05. The molecule has 4 heteroatoms. The lowest BCUT2D eigenvalue weighted by atomic mass is 10.1. The Kier molecular flexibility index (Phi) is 3.10. The first-order valence-electron chi connectivity index (χ1n) is 5.15. The van der Waals surface area contributed by atoms with Gasteiger partial charge in [-0.3, -0.25) is 14.8 Å². The number of rotatable bonds is 3. The first kappa shape index (κ1) is 10.5. The molecule has 1 aromatic rings. The van der Waals surface area contributed by atoms with E-state index in [1.807, 2.05) is 13.0 Å². The highest BCUT2D eigenvalue weighted by atomic mass is 16.1. The number of aromatic amines is 1. The molecule has 0 bridgehead atoms. The van der Waals surface area contributed by atoms with Crippen LogP contribution in [0.25, 0.3) is 0 Å². The van der Waals surface area contributed by atoms with E-state index in [-0.39, 0.29) is 5.78 Å². The number of H-pyrrole nitrogens is 1. The molecule has 0 spiro atoms. The summed E-state index contributed by atoms with van der Waals surface area (Å²) in [6, 6.07) is 3.69. The summed E-state index contributed by atoms with van der Waals surface area (Å²) < 4.78 is 0. The van der Waals surface area contributed by atoms with Gasteiger partial charge in [0.15, 0.2) is 5.78 Å². The fourth-order valence-corrected chi connectivity index (χ4v) is 1.50. The Balaban J connectivity index is 2.05. The molecule has 1 aliphatic rings. The summed E-state index contributed by atoms with van der Waals surface area (Å²) in [7, 11) is 0. The number of aromatic nitrogens is 1. The highest BCUT2D eigenvalue weighted by molar-refractivity contribution is 6.10. The summed E-state index contributed by atoms with van der Waals surface area (Å²) in [5.74, 6) is 0.0531. The monoisotopic (exact) mass is 215 g/mol. The number of aliphatic imine (C=N–C) groups is 2. The molecule has 82 valence electrons. The second-order valence-electron chi connectivity index (χ2n) is 3.68. The third kappa shape index (κ3) is 2.53. The summed E-state index contributed by atoms with van der Waals surface area (Å²) in [6.07, 6.45) is 5.44. The number of allylic oxidation sites excluding steroid dienone is 1. The lowest BCUT2D eigenvalue weighted by Crippen LogP contribution is -2.11. The lowest BCUT2D eigenvalue weighted by Gasteiger charge is -2.00. The molecule has 0 atom stereocenters. The summed E-state index contributed by atoms with van der Waals surface area (Å²) in [6.45, 7) is 2.42. The van der Waals surface area contributed by atoms with Crippen LogP contribution in [0.3, 0.4) is 0 Å². The lowest BCUT2D eigenvalue weighted by molar-refractivity contribution is 0.0996. The van der Waals surface area contributed by atoms with Crippen LogP contribution >= 0.6 is 0 Å². The summed E-state index contributed by atoms with van der Waals surface area (Å²) in [5, 5.41) is 0. The van der Waals surface area contributed by atoms with Crippen LogP contribution < -0.4 is 0 Å². The SMILES string of the molecule is Cc1ccc(C(=O)CC2=NC=CC=NC2)[nH]1. The van der Waals surface area contributed by atoms with E-state index in [9.17, 15) is 4.79 Å². The highest BCUT2D eigenvalue weighted by Gasteiger charge is 2.11. The van der Waals surface area contributed by atoms with Gasteiger partial charge < -0.3 is 4.98 Å². The number of nitrogens with zero attached hydrogens (tertiary/aromatic N) is 2. The molecule has 0 aliphatic carbocycles. The summed E-state index contributed by atoms with van der Waals surface area (Å²) in [5.41, 5.74) is 2.42. The maximum atomic E-state index is 11.9. The van der Waals surface area contributed by atoms with Gasteiger partial charge in [0.1, 0.15) is 0 Å². The minimum absolute atomic E-state index is 0.0531. The number of Topliss-reactive ketones (excluding diaryl/α,β-unsaturated/α-hetero) is 1. The third-order valence-electron chi connectivity index (χ3n) is 2.31. The molecule has 0 unspecified atom stereocenters. The molecule has 4 nitrogen and oxygen atoms in total. The molecule has 1 N–H and O–H groups in total. The van der Waals surface area contributed by atoms with E-state index in [4.69, 9.17) is 0 Å². The Morgan fingerprint density at radius 3 is 3.12 bits per heavy atom. The van der Waals surface area contributed by atoms with Crippen LogP contribution in [0, 0.1) is 6.92 Å². The average Bonchev–Trinajstić information content (AvgIpc) is 2.54. The van der Waals surface area contributed by atoms with Crippen molar-refractivity contribution in [2.24, 2.45) is 9.98 Å². The van der Waals surface area contributed by atoms with E-state index in [1.54, 1.807) is 24.6 Å².